The number of carbonyl (C=O) groups excluding carboxylic acids is 2. The second-order valence-corrected chi connectivity index (χ2v) is 6.71. The van der Waals surface area contributed by atoms with Gasteiger partial charge in [-0.25, -0.2) is 0 Å². The molecule has 1 amide bonds. The van der Waals surface area contributed by atoms with Crippen molar-refractivity contribution in [3.05, 3.63) is 77.6 Å². The van der Waals surface area contributed by atoms with Crippen LogP contribution in [0.3, 0.4) is 0 Å². The standard InChI is InChI=1S/C20H20N4O2S/c1-2-24-18(13-21-19(26)16-11-7-4-8-12-16)22-23-20(24)27-14-17(25)15-9-5-3-6-10-15/h3-12H,2,13-14H2,1H3,(H,21,26). The van der Waals surface area contributed by atoms with Crippen molar-refractivity contribution in [3.8, 4) is 0 Å². The van der Waals surface area contributed by atoms with Gasteiger partial charge in [0.25, 0.3) is 5.91 Å². The minimum absolute atomic E-state index is 0.0465. The van der Waals surface area contributed by atoms with Gasteiger partial charge in [0, 0.05) is 17.7 Å². The molecule has 0 fully saturated rings. The van der Waals surface area contributed by atoms with Crippen LogP contribution in [-0.4, -0.2) is 32.2 Å². The maximum Gasteiger partial charge on any atom is 0.251 e. The maximum absolute atomic E-state index is 12.3. The van der Waals surface area contributed by atoms with Gasteiger partial charge in [-0.05, 0) is 19.1 Å². The normalized spacial score (nSPS) is 10.6. The number of ketones is 1. The van der Waals surface area contributed by atoms with Crippen LogP contribution in [0.1, 0.15) is 33.5 Å². The molecule has 6 nitrogen and oxygen atoms in total. The van der Waals surface area contributed by atoms with Gasteiger partial charge in [-0.2, -0.15) is 0 Å². The lowest BCUT2D eigenvalue weighted by Crippen LogP contribution is -2.24. The second-order valence-electron chi connectivity index (χ2n) is 5.77. The predicted octanol–water partition coefficient (Wildman–Crippen LogP) is 3.20. The molecular formula is C20H20N4O2S. The van der Waals surface area contributed by atoms with E-state index in [1.54, 1.807) is 24.3 Å². The fourth-order valence-electron chi connectivity index (χ4n) is 2.56. The predicted molar refractivity (Wildman–Crippen MR) is 105 cm³/mol. The number of thioether (sulfide) groups is 1. The fourth-order valence-corrected chi connectivity index (χ4v) is 3.48. The van der Waals surface area contributed by atoms with Crippen molar-refractivity contribution in [1.29, 1.82) is 0 Å². The molecule has 2 aromatic carbocycles. The van der Waals surface area contributed by atoms with Crippen molar-refractivity contribution in [2.24, 2.45) is 0 Å². The third-order valence-corrected chi connectivity index (χ3v) is 4.95. The second kappa shape index (κ2) is 9.14. The number of carbonyl (C=O) groups is 2. The monoisotopic (exact) mass is 380 g/mol. The van der Waals surface area contributed by atoms with E-state index in [4.69, 9.17) is 0 Å². The van der Waals surface area contributed by atoms with Crippen LogP contribution in [-0.2, 0) is 13.1 Å². The molecule has 0 aliphatic rings. The molecule has 27 heavy (non-hydrogen) atoms. The minimum Gasteiger partial charge on any atom is -0.345 e. The van der Waals surface area contributed by atoms with Crippen LogP contribution in [0, 0.1) is 0 Å². The summed E-state index contributed by atoms with van der Waals surface area (Å²) in [6, 6.07) is 18.2. The van der Waals surface area contributed by atoms with Gasteiger partial charge in [0.1, 0.15) is 0 Å². The molecule has 0 unspecified atom stereocenters. The topological polar surface area (TPSA) is 76.9 Å². The van der Waals surface area contributed by atoms with Gasteiger partial charge in [0.05, 0.1) is 12.3 Å². The highest BCUT2D eigenvalue weighted by Gasteiger charge is 2.15. The molecule has 0 radical (unpaired) electrons. The van der Waals surface area contributed by atoms with Crippen LogP contribution in [0.5, 0.6) is 0 Å². The fraction of sp³-hybridized carbons (Fsp3) is 0.200. The van der Waals surface area contributed by atoms with E-state index in [9.17, 15) is 9.59 Å². The number of Topliss-reactive ketones (excluding diaryl/α,β-unsaturated/α-hetero) is 1. The quantitative estimate of drug-likeness (QED) is 0.480. The van der Waals surface area contributed by atoms with Crippen LogP contribution in [0.25, 0.3) is 0 Å². The molecule has 0 saturated carbocycles. The SMILES string of the molecule is CCn1c(CNC(=O)c2ccccc2)nnc1SCC(=O)c1ccccc1. The lowest BCUT2D eigenvalue weighted by Gasteiger charge is -2.08. The minimum atomic E-state index is -0.158. The lowest BCUT2D eigenvalue weighted by molar-refractivity contribution is 0.0948. The molecule has 7 heteroatoms. The zero-order chi connectivity index (χ0) is 19.1. The highest BCUT2D eigenvalue weighted by molar-refractivity contribution is 7.99. The summed E-state index contributed by atoms with van der Waals surface area (Å²) in [5.41, 5.74) is 1.28. The van der Waals surface area contributed by atoms with Gasteiger partial charge < -0.3 is 9.88 Å². The molecule has 1 N–H and O–H groups in total. The molecule has 0 saturated heterocycles. The van der Waals surface area contributed by atoms with Gasteiger partial charge in [-0.3, -0.25) is 9.59 Å². The average molecular weight is 380 g/mol. The Bertz CT molecular complexity index is 837. The van der Waals surface area contributed by atoms with E-state index in [1.165, 1.54) is 11.8 Å². The summed E-state index contributed by atoms with van der Waals surface area (Å²) in [5.74, 6) is 0.842. The van der Waals surface area contributed by atoms with E-state index in [1.807, 2.05) is 47.9 Å². The number of hydrogen-bond donors (Lipinski definition) is 1. The Balaban J connectivity index is 1.61. The van der Waals surface area contributed by atoms with E-state index in [-0.39, 0.29) is 18.2 Å². The van der Waals surface area contributed by atoms with Crippen LogP contribution in [0.2, 0.25) is 0 Å². The number of amides is 1. The van der Waals surface area contributed by atoms with Crippen molar-refractivity contribution >= 4 is 23.5 Å². The molecule has 3 aromatic rings. The molecule has 1 aromatic heterocycles. The summed E-state index contributed by atoms with van der Waals surface area (Å²) < 4.78 is 1.91. The highest BCUT2D eigenvalue weighted by atomic mass is 32.2. The Morgan fingerprint density at radius 2 is 1.59 bits per heavy atom. The third-order valence-electron chi connectivity index (χ3n) is 3.98. The summed E-state index contributed by atoms with van der Waals surface area (Å²) in [4.78, 5) is 24.4. The first kappa shape index (κ1) is 18.8. The van der Waals surface area contributed by atoms with Crippen LogP contribution < -0.4 is 5.32 Å². The molecule has 3 rings (SSSR count). The van der Waals surface area contributed by atoms with Crippen molar-refractivity contribution in [1.82, 2.24) is 20.1 Å². The first-order chi connectivity index (χ1) is 13.2. The van der Waals surface area contributed by atoms with E-state index in [2.05, 4.69) is 15.5 Å². The molecule has 0 aliphatic carbocycles. The van der Waals surface area contributed by atoms with Gasteiger partial charge in [0.15, 0.2) is 16.8 Å². The zero-order valence-corrected chi connectivity index (χ0v) is 15.8. The molecular weight excluding hydrogens is 360 g/mol. The Hall–Kier alpha value is -2.93. The third kappa shape index (κ3) is 4.83. The van der Waals surface area contributed by atoms with Crippen molar-refractivity contribution in [2.75, 3.05) is 5.75 Å². The summed E-state index contributed by atoms with van der Waals surface area (Å²) in [7, 11) is 0. The zero-order valence-electron chi connectivity index (χ0n) is 15.0. The number of aromatic nitrogens is 3. The Morgan fingerprint density at radius 1 is 0.963 bits per heavy atom. The summed E-state index contributed by atoms with van der Waals surface area (Å²) >= 11 is 1.35. The molecule has 1 heterocycles. The number of benzene rings is 2. The first-order valence-electron chi connectivity index (χ1n) is 8.65. The summed E-state index contributed by atoms with van der Waals surface area (Å²) in [6.45, 7) is 2.92. The number of nitrogens with one attached hydrogen (secondary N) is 1. The largest absolute Gasteiger partial charge is 0.345 e. The Kier molecular flexibility index (Phi) is 6.38. The van der Waals surface area contributed by atoms with Crippen molar-refractivity contribution in [2.45, 2.75) is 25.2 Å². The van der Waals surface area contributed by atoms with Crippen molar-refractivity contribution < 1.29 is 9.59 Å². The van der Waals surface area contributed by atoms with Crippen LogP contribution in [0.15, 0.2) is 65.8 Å². The number of hydrogen-bond acceptors (Lipinski definition) is 5. The van der Waals surface area contributed by atoms with E-state index in [0.29, 0.717) is 34.4 Å². The average Bonchev–Trinajstić information content (AvgIpc) is 3.13. The Morgan fingerprint density at radius 3 is 2.22 bits per heavy atom. The maximum atomic E-state index is 12.3. The van der Waals surface area contributed by atoms with Gasteiger partial charge >= 0.3 is 0 Å². The van der Waals surface area contributed by atoms with E-state index in [0.717, 1.165) is 0 Å². The smallest absolute Gasteiger partial charge is 0.251 e. The van der Waals surface area contributed by atoms with Crippen LogP contribution in [0.4, 0.5) is 0 Å². The highest BCUT2D eigenvalue weighted by Crippen LogP contribution is 2.18. The molecule has 0 aliphatic heterocycles. The lowest BCUT2D eigenvalue weighted by atomic mass is 10.2. The Labute approximate surface area is 162 Å². The molecule has 0 atom stereocenters. The molecule has 0 bridgehead atoms. The van der Waals surface area contributed by atoms with Crippen molar-refractivity contribution in [3.63, 3.8) is 0 Å². The van der Waals surface area contributed by atoms with Crippen LogP contribution >= 0.6 is 11.8 Å². The van der Waals surface area contributed by atoms with E-state index >= 15 is 0 Å². The summed E-state index contributed by atoms with van der Waals surface area (Å²) in [5, 5.41) is 11.9. The van der Waals surface area contributed by atoms with E-state index < -0.39 is 0 Å². The first-order valence-corrected chi connectivity index (χ1v) is 9.64. The van der Waals surface area contributed by atoms with Gasteiger partial charge in [-0.1, -0.05) is 60.3 Å². The molecule has 138 valence electrons. The number of nitrogens with zero attached hydrogens (tertiary/aromatic N) is 3. The van der Waals surface area contributed by atoms with Gasteiger partial charge in [-0.15, -0.1) is 10.2 Å². The number of rotatable bonds is 8. The van der Waals surface area contributed by atoms with Gasteiger partial charge in [0.2, 0.25) is 0 Å². The summed E-state index contributed by atoms with van der Waals surface area (Å²) in [6.07, 6.45) is 0. The molecule has 0 spiro atoms.